The summed E-state index contributed by atoms with van der Waals surface area (Å²) in [6.07, 6.45) is 4.52. The van der Waals surface area contributed by atoms with Crippen molar-refractivity contribution in [3.05, 3.63) is 24.3 Å². The first kappa shape index (κ1) is 16.3. The number of fused-ring (bicyclic) bond motifs is 1. The molecule has 1 amide bonds. The average molecular weight is 318 g/mol. The van der Waals surface area contributed by atoms with Gasteiger partial charge in [0.1, 0.15) is 5.75 Å². The minimum Gasteiger partial charge on any atom is -0.478 e. The number of amides is 1. The highest BCUT2D eigenvalue weighted by Gasteiger charge is 2.33. The van der Waals surface area contributed by atoms with Gasteiger partial charge in [-0.15, -0.1) is 0 Å². The Balaban J connectivity index is 1.60. The fourth-order valence-electron chi connectivity index (χ4n) is 3.42. The van der Waals surface area contributed by atoms with Crippen molar-refractivity contribution in [3.8, 4) is 5.75 Å². The summed E-state index contributed by atoms with van der Waals surface area (Å²) in [5, 5.41) is 9.15. The maximum absolute atomic E-state index is 12.6. The number of aliphatic hydroxyl groups excluding tert-OH is 1. The van der Waals surface area contributed by atoms with E-state index in [2.05, 4.69) is 4.90 Å². The van der Waals surface area contributed by atoms with Crippen LogP contribution in [0, 0.1) is 0 Å². The smallest absolute Gasteiger partial charge is 0.268 e. The number of nitrogens with zero attached hydrogens (tertiary/aromatic N) is 2. The van der Waals surface area contributed by atoms with Crippen LogP contribution in [-0.4, -0.2) is 54.8 Å². The maximum atomic E-state index is 12.6. The minimum absolute atomic E-state index is 0.0288. The van der Waals surface area contributed by atoms with Crippen LogP contribution in [0.25, 0.3) is 0 Å². The van der Waals surface area contributed by atoms with E-state index in [9.17, 15) is 4.79 Å². The standard InChI is InChI=1S/C18H26N2O3/c21-14-9-17-18(22)20(15-7-1-2-8-16(15)23-17)13-6-5-12-19-10-3-4-11-19/h1-2,7-8,17,21H,3-6,9-14H2. The number of benzene rings is 1. The van der Waals surface area contributed by atoms with E-state index in [0.29, 0.717) is 6.42 Å². The molecule has 1 atom stereocenters. The third-order valence-corrected chi connectivity index (χ3v) is 4.66. The summed E-state index contributed by atoms with van der Waals surface area (Å²) in [5.74, 6) is 0.712. The van der Waals surface area contributed by atoms with Crippen LogP contribution in [0.2, 0.25) is 0 Å². The first-order valence-electron chi connectivity index (χ1n) is 8.70. The summed E-state index contributed by atoms with van der Waals surface area (Å²) in [6.45, 7) is 4.24. The van der Waals surface area contributed by atoms with E-state index >= 15 is 0 Å². The van der Waals surface area contributed by atoms with Gasteiger partial charge in [0.05, 0.1) is 5.69 Å². The molecule has 5 nitrogen and oxygen atoms in total. The van der Waals surface area contributed by atoms with E-state index in [1.54, 1.807) is 0 Å². The monoisotopic (exact) mass is 318 g/mol. The van der Waals surface area contributed by atoms with Crippen molar-refractivity contribution in [2.75, 3.05) is 37.7 Å². The molecule has 2 heterocycles. The van der Waals surface area contributed by atoms with Crippen molar-refractivity contribution in [2.24, 2.45) is 0 Å². The predicted molar refractivity (Wildman–Crippen MR) is 89.8 cm³/mol. The first-order valence-corrected chi connectivity index (χ1v) is 8.70. The Hall–Kier alpha value is -1.59. The number of hydrogen-bond donors (Lipinski definition) is 1. The maximum Gasteiger partial charge on any atom is 0.268 e. The predicted octanol–water partition coefficient (Wildman–Crippen LogP) is 2.04. The third-order valence-electron chi connectivity index (χ3n) is 4.66. The van der Waals surface area contributed by atoms with Gasteiger partial charge in [-0.1, -0.05) is 12.1 Å². The molecule has 0 aliphatic carbocycles. The second kappa shape index (κ2) is 7.79. The SMILES string of the molecule is O=C1C(CCO)Oc2ccccc2N1CCCCN1CCCC1. The van der Waals surface area contributed by atoms with E-state index in [4.69, 9.17) is 9.84 Å². The summed E-state index contributed by atoms with van der Waals surface area (Å²) >= 11 is 0. The second-order valence-electron chi connectivity index (χ2n) is 6.33. The fourth-order valence-corrected chi connectivity index (χ4v) is 3.42. The fraction of sp³-hybridized carbons (Fsp3) is 0.611. The molecule has 1 saturated heterocycles. The topological polar surface area (TPSA) is 53.0 Å². The molecule has 0 bridgehead atoms. The Morgan fingerprint density at radius 1 is 1.13 bits per heavy atom. The molecule has 1 fully saturated rings. The number of likely N-dealkylation sites (tertiary alicyclic amines) is 1. The van der Waals surface area contributed by atoms with Gasteiger partial charge in [-0.25, -0.2) is 0 Å². The average Bonchev–Trinajstić information content (AvgIpc) is 3.08. The summed E-state index contributed by atoms with van der Waals surface area (Å²) in [4.78, 5) is 16.9. The van der Waals surface area contributed by atoms with Crippen LogP contribution in [-0.2, 0) is 4.79 Å². The molecule has 23 heavy (non-hydrogen) atoms. The molecule has 1 N–H and O–H groups in total. The van der Waals surface area contributed by atoms with E-state index in [-0.39, 0.29) is 12.5 Å². The second-order valence-corrected chi connectivity index (χ2v) is 6.33. The van der Waals surface area contributed by atoms with Gasteiger partial charge >= 0.3 is 0 Å². The molecule has 1 aromatic carbocycles. The highest BCUT2D eigenvalue weighted by molar-refractivity contribution is 5.99. The van der Waals surface area contributed by atoms with E-state index in [0.717, 1.165) is 37.4 Å². The number of anilines is 1. The zero-order valence-corrected chi connectivity index (χ0v) is 13.6. The molecule has 0 radical (unpaired) electrons. The first-order chi connectivity index (χ1) is 11.3. The highest BCUT2D eigenvalue weighted by atomic mass is 16.5. The molecular formula is C18H26N2O3. The van der Waals surface area contributed by atoms with Crippen molar-refractivity contribution >= 4 is 11.6 Å². The number of carbonyl (C=O) groups is 1. The van der Waals surface area contributed by atoms with Gasteiger partial charge in [-0.2, -0.15) is 0 Å². The van der Waals surface area contributed by atoms with Crippen LogP contribution < -0.4 is 9.64 Å². The van der Waals surface area contributed by atoms with Crippen molar-refractivity contribution in [1.29, 1.82) is 0 Å². The van der Waals surface area contributed by atoms with Gasteiger partial charge in [0, 0.05) is 19.6 Å². The summed E-state index contributed by atoms with van der Waals surface area (Å²) in [5.41, 5.74) is 0.855. The molecule has 2 aliphatic rings. The summed E-state index contributed by atoms with van der Waals surface area (Å²) in [6, 6.07) is 7.67. The van der Waals surface area contributed by atoms with Crippen LogP contribution in [0.15, 0.2) is 24.3 Å². The molecule has 3 rings (SSSR count). The van der Waals surface area contributed by atoms with Gasteiger partial charge in [-0.05, 0) is 57.5 Å². The quantitative estimate of drug-likeness (QED) is 0.782. The van der Waals surface area contributed by atoms with E-state index < -0.39 is 6.10 Å². The Labute approximate surface area is 137 Å². The summed E-state index contributed by atoms with van der Waals surface area (Å²) in [7, 11) is 0. The molecular weight excluding hydrogens is 292 g/mol. The molecule has 126 valence electrons. The normalized spacial score (nSPS) is 21.3. The van der Waals surface area contributed by atoms with E-state index in [1.165, 1.54) is 25.9 Å². The highest BCUT2D eigenvalue weighted by Crippen LogP contribution is 2.34. The number of unbranched alkanes of at least 4 members (excludes halogenated alkanes) is 1. The molecule has 1 unspecified atom stereocenters. The lowest BCUT2D eigenvalue weighted by Crippen LogP contribution is -2.46. The molecule has 5 heteroatoms. The number of hydrogen-bond acceptors (Lipinski definition) is 4. The Bertz CT molecular complexity index is 529. The number of ether oxygens (including phenoxy) is 1. The Kier molecular flexibility index (Phi) is 5.51. The third kappa shape index (κ3) is 3.85. The van der Waals surface area contributed by atoms with Crippen molar-refractivity contribution < 1.29 is 14.6 Å². The van der Waals surface area contributed by atoms with Gasteiger partial charge in [0.15, 0.2) is 6.10 Å². The lowest BCUT2D eigenvalue weighted by molar-refractivity contribution is -0.127. The van der Waals surface area contributed by atoms with E-state index in [1.807, 2.05) is 29.2 Å². The van der Waals surface area contributed by atoms with Gasteiger partial charge in [0.2, 0.25) is 0 Å². The number of para-hydroxylation sites is 2. The van der Waals surface area contributed by atoms with Crippen molar-refractivity contribution in [2.45, 2.75) is 38.2 Å². The zero-order chi connectivity index (χ0) is 16.1. The van der Waals surface area contributed by atoms with Gasteiger partial charge < -0.3 is 19.6 Å². The van der Waals surface area contributed by atoms with Crippen molar-refractivity contribution in [3.63, 3.8) is 0 Å². The summed E-state index contributed by atoms with van der Waals surface area (Å²) < 4.78 is 5.74. The van der Waals surface area contributed by atoms with Crippen molar-refractivity contribution in [1.82, 2.24) is 4.90 Å². The van der Waals surface area contributed by atoms with Crippen LogP contribution in [0.3, 0.4) is 0 Å². The molecule has 2 aliphatic heterocycles. The van der Waals surface area contributed by atoms with Gasteiger partial charge in [0.25, 0.3) is 5.91 Å². The number of rotatable bonds is 7. The number of aliphatic hydroxyl groups is 1. The number of carbonyl (C=O) groups excluding carboxylic acids is 1. The van der Waals surface area contributed by atoms with Crippen LogP contribution in [0.5, 0.6) is 5.75 Å². The zero-order valence-electron chi connectivity index (χ0n) is 13.6. The Morgan fingerprint density at radius 2 is 1.87 bits per heavy atom. The minimum atomic E-state index is -0.562. The van der Waals surface area contributed by atoms with Gasteiger partial charge in [-0.3, -0.25) is 4.79 Å². The molecule has 0 saturated carbocycles. The molecule has 1 aromatic rings. The largest absolute Gasteiger partial charge is 0.478 e. The van der Waals surface area contributed by atoms with Crippen LogP contribution in [0.1, 0.15) is 32.1 Å². The van der Waals surface area contributed by atoms with Crippen LogP contribution in [0.4, 0.5) is 5.69 Å². The molecule has 0 aromatic heterocycles. The lowest BCUT2D eigenvalue weighted by Gasteiger charge is -2.34. The lowest BCUT2D eigenvalue weighted by atomic mass is 10.1. The Morgan fingerprint density at radius 3 is 2.65 bits per heavy atom. The van der Waals surface area contributed by atoms with Crippen LogP contribution >= 0.6 is 0 Å². The molecule has 0 spiro atoms.